The first kappa shape index (κ1) is 8.23. The van der Waals surface area contributed by atoms with Crippen LogP contribution in [0.4, 0.5) is 0 Å². The number of H-pyrrole nitrogens is 1. The van der Waals surface area contributed by atoms with Crippen molar-refractivity contribution in [3.8, 4) is 11.3 Å². The van der Waals surface area contributed by atoms with Crippen molar-refractivity contribution in [3.05, 3.63) is 36.6 Å². The van der Waals surface area contributed by atoms with Crippen LogP contribution < -0.4 is 0 Å². The lowest BCUT2D eigenvalue weighted by atomic mass is 10.1. The van der Waals surface area contributed by atoms with Crippen molar-refractivity contribution >= 4 is 11.0 Å². The molecule has 0 atom stereocenters. The Hall–Kier alpha value is -2.10. The third-order valence-electron chi connectivity index (χ3n) is 2.45. The fraction of sp³-hybridized carbons (Fsp3) is 0.0909. The van der Waals surface area contributed by atoms with Crippen molar-refractivity contribution in [2.45, 2.75) is 6.92 Å². The summed E-state index contributed by atoms with van der Waals surface area (Å²) < 4.78 is 5.37. The molecule has 0 bridgehead atoms. The lowest BCUT2D eigenvalue weighted by Crippen LogP contribution is -1.85. The zero-order valence-corrected chi connectivity index (χ0v) is 8.19. The number of rotatable bonds is 1. The molecule has 0 aliphatic carbocycles. The maximum atomic E-state index is 5.37. The van der Waals surface area contributed by atoms with Crippen molar-refractivity contribution in [3.63, 3.8) is 0 Å². The maximum absolute atomic E-state index is 5.37. The Bertz CT molecular complexity index is 595. The van der Waals surface area contributed by atoms with Crippen LogP contribution in [0, 0.1) is 6.92 Å². The fourth-order valence-corrected chi connectivity index (χ4v) is 1.74. The van der Waals surface area contributed by atoms with Gasteiger partial charge in [0.2, 0.25) is 0 Å². The second-order valence-electron chi connectivity index (χ2n) is 3.36. The monoisotopic (exact) mass is 199 g/mol. The third kappa shape index (κ3) is 1.15. The standard InChI is InChI=1S/C11H9N3O/c1-7-10-8(9-3-2-4-15-9)5-12-11(10)14-6-13-7/h2-6H,1H3,(H,12,13,14). The highest BCUT2D eigenvalue weighted by molar-refractivity contribution is 5.93. The highest BCUT2D eigenvalue weighted by Crippen LogP contribution is 2.28. The fourth-order valence-electron chi connectivity index (χ4n) is 1.74. The van der Waals surface area contributed by atoms with Gasteiger partial charge in [-0.2, -0.15) is 0 Å². The number of aromatic nitrogens is 3. The molecule has 4 nitrogen and oxygen atoms in total. The number of furan rings is 1. The predicted molar refractivity (Wildman–Crippen MR) is 56.3 cm³/mol. The Morgan fingerprint density at radius 3 is 3.07 bits per heavy atom. The van der Waals surface area contributed by atoms with Crippen LogP contribution in [-0.2, 0) is 0 Å². The van der Waals surface area contributed by atoms with Gasteiger partial charge in [-0.05, 0) is 19.1 Å². The van der Waals surface area contributed by atoms with Crippen LogP contribution in [0.5, 0.6) is 0 Å². The number of hydrogen-bond acceptors (Lipinski definition) is 3. The van der Waals surface area contributed by atoms with E-state index in [9.17, 15) is 0 Å². The third-order valence-corrected chi connectivity index (χ3v) is 2.45. The normalized spacial score (nSPS) is 11.0. The van der Waals surface area contributed by atoms with Gasteiger partial charge in [0.1, 0.15) is 17.7 Å². The van der Waals surface area contributed by atoms with E-state index in [1.165, 1.54) is 0 Å². The molecule has 15 heavy (non-hydrogen) atoms. The van der Waals surface area contributed by atoms with Crippen molar-refractivity contribution in [1.82, 2.24) is 15.0 Å². The molecular weight excluding hydrogens is 190 g/mol. The number of nitrogens with zero attached hydrogens (tertiary/aromatic N) is 2. The zero-order chi connectivity index (χ0) is 10.3. The molecule has 3 rings (SSSR count). The van der Waals surface area contributed by atoms with Crippen LogP contribution in [0.15, 0.2) is 35.3 Å². The van der Waals surface area contributed by atoms with Crippen molar-refractivity contribution < 1.29 is 4.42 Å². The van der Waals surface area contributed by atoms with Gasteiger partial charge in [-0.3, -0.25) is 0 Å². The Morgan fingerprint density at radius 1 is 1.33 bits per heavy atom. The number of fused-ring (bicyclic) bond motifs is 1. The quantitative estimate of drug-likeness (QED) is 0.655. The van der Waals surface area contributed by atoms with Gasteiger partial charge in [0.15, 0.2) is 0 Å². The first-order chi connectivity index (χ1) is 7.36. The largest absolute Gasteiger partial charge is 0.464 e. The van der Waals surface area contributed by atoms with Crippen LogP contribution >= 0.6 is 0 Å². The number of aryl methyl sites for hydroxylation is 1. The van der Waals surface area contributed by atoms with E-state index >= 15 is 0 Å². The number of nitrogens with one attached hydrogen (secondary N) is 1. The predicted octanol–water partition coefficient (Wildman–Crippen LogP) is 2.53. The maximum Gasteiger partial charge on any atom is 0.141 e. The summed E-state index contributed by atoms with van der Waals surface area (Å²) in [5, 5.41) is 1.02. The minimum absolute atomic E-state index is 0.833. The van der Waals surface area contributed by atoms with Crippen molar-refractivity contribution in [1.29, 1.82) is 0 Å². The highest BCUT2D eigenvalue weighted by atomic mass is 16.3. The van der Waals surface area contributed by atoms with E-state index in [-0.39, 0.29) is 0 Å². The van der Waals surface area contributed by atoms with E-state index in [1.54, 1.807) is 12.6 Å². The second kappa shape index (κ2) is 2.95. The number of aromatic amines is 1. The zero-order valence-electron chi connectivity index (χ0n) is 8.19. The smallest absolute Gasteiger partial charge is 0.141 e. The molecule has 0 spiro atoms. The summed E-state index contributed by atoms with van der Waals surface area (Å²) in [5.41, 5.74) is 2.80. The Labute approximate surface area is 86.0 Å². The molecule has 0 saturated carbocycles. The number of hydrogen-bond donors (Lipinski definition) is 1. The summed E-state index contributed by atoms with van der Waals surface area (Å²) in [5.74, 6) is 0.833. The molecule has 0 aromatic carbocycles. The molecule has 74 valence electrons. The molecule has 0 amide bonds. The van der Waals surface area contributed by atoms with E-state index in [0.29, 0.717) is 0 Å². The van der Waals surface area contributed by atoms with Gasteiger partial charge in [-0.1, -0.05) is 0 Å². The van der Waals surface area contributed by atoms with Crippen molar-refractivity contribution in [2.75, 3.05) is 0 Å². The summed E-state index contributed by atoms with van der Waals surface area (Å²) in [6.45, 7) is 1.96. The van der Waals surface area contributed by atoms with Crippen LogP contribution in [-0.4, -0.2) is 15.0 Å². The van der Waals surface area contributed by atoms with E-state index in [2.05, 4.69) is 15.0 Å². The summed E-state index contributed by atoms with van der Waals surface area (Å²) in [4.78, 5) is 11.4. The first-order valence-corrected chi connectivity index (χ1v) is 4.69. The molecule has 1 N–H and O–H groups in total. The minimum Gasteiger partial charge on any atom is -0.464 e. The van der Waals surface area contributed by atoms with E-state index < -0.39 is 0 Å². The van der Waals surface area contributed by atoms with Gasteiger partial charge in [0.25, 0.3) is 0 Å². The van der Waals surface area contributed by atoms with Crippen LogP contribution in [0.3, 0.4) is 0 Å². The molecule has 0 unspecified atom stereocenters. The average Bonchev–Trinajstić information content (AvgIpc) is 2.85. The summed E-state index contributed by atoms with van der Waals surface area (Å²) in [6.07, 6.45) is 5.11. The molecule has 0 aliphatic rings. The van der Waals surface area contributed by atoms with Crippen LogP contribution in [0.1, 0.15) is 5.69 Å². The second-order valence-corrected chi connectivity index (χ2v) is 3.36. The SMILES string of the molecule is Cc1ncnc2[nH]cc(-c3ccco3)c12. The molecule has 0 fully saturated rings. The summed E-state index contributed by atoms with van der Waals surface area (Å²) >= 11 is 0. The molecule has 3 aromatic rings. The van der Waals surface area contributed by atoms with Gasteiger partial charge in [-0.15, -0.1) is 0 Å². The van der Waals surface area contributed by atoms with E-state index in [1.807, 2.05) is 25.3 Å². The lowest BCUT2D eigenvalue weighted by Gasteiger charge is -1.96. The van der Waals surface area contributed by atoms with Gasteiger partial charge < -0.3 is 9.40 Å². The molecule has 3 aromatic heterocycles. The van der Waals surface area contributed by atoms with Gasteiger partial charge in [0.05, 0.1) is 17.3 Å². The van der Waals surface area contributed by atoms with Crippen LogP contribution in [0.25, 0.3) is 22.4 Å². The lowest BCUT2D eigenvalue weighted by molar-refractivity contribution is 0.583. The Morgan fingerprint density at radius 2 is 2.27 bits per heavy atom. The average molecular weight is 199 g/mol. The molecule has 0 saturated heterocycles. The van der Waals surface area contributed by atoms with Gasteiger partial charge >= 0.3 is 0 Å². The van der Waals surface area contributed by atoms with Gasteiger partial charge in [-0.25, -0.2) is 9.97 Å². The Balaban J connectivity index is 2.37. The van der Waals surface area contributed by atoms with Crippen LogP contribution in [0.2, 0.25) is 0 Å². The van der Waals surface area contributed by atoms with E-state index in [4.69, 9.17) is 4.42 Å². The summed E-state index contributed by atoms with van der Waals surface area (Å²) in [6, 6.07) is 3.79. The van der Waals surface area contributed by atoms with E-state index in [0.717, 1.165) is 28.1 Å². The molecule has 0 radical (unpaired) electrons. The summed E-state index contributed by atoms with van der Waals surface area (Å²) in [7, 11) is 0. The minimum atomic E-state index is 0.833. The first-order valence-electron chi connectivity index (χ1n) is 4.69. The molecule has 3 heterocycles. The van der Waals surface area contributed by atoms with Gasteiger partial charge in [0, 0.05) is 11.8 Å². The Kier molecular flexibility index (Phi) is 1.62. The highest BCUT2D eigenvalue weighted by Gasteiger charge is 2.11. The molecular formula is C11H9N3O. The molecule has 0 aliphatic heterocycles. The topological polar surface area (TPSA) is 54.7 Å². The van der Waals surface area contributed by atoms with Crippen molar-refractivity contribution in [2.24, 2.45) is 0 Å². The molecule has 4 heteroatoms.